The van der Waals surface area contributed by atoms with Crippen LogP contribution in [0.3, 0.4) is 0 Å². The minimum atomic E-state index is 0.0227. The minimum Gasteiger partial charge on any atom is -0.369 e. The molecule has 2 nitrogen and oxygen atoms in total. The number of rotatable bonds is 5. The number of hydrogen-bond donors (Lipinski definition) is 1. The maximum absolute atomic E-state index is 6.19. The van der Waals surface area contributed by atoms with E-state index in [4.69, 9.17) is 4.74 Å². The van der Waals surface area contributed by atoms with Gasteiger partial charge in [0.1, 0.15) is 0 Å². The van der Waals surface area contributed by atoms with Crippen LogP contribution in [-0.2, 0) is 4.74 Å². The van der Waals surface area contributed by atoms with Crippen LogP contribution in [0, 0.1) is 11.8 Å². The summed E-state index contributed by atoms with van der Waals surface area (Å²) >= 11 is 0. The first-order valence-corrected chi connectivity index (χ1v) is 7.11. The predicted octanol–water partition coefficient (Wildman–Crippen LogP) is 3.60. The van der Waals surface area contributed by atoms with Crippen molar-refractivity contribution in [3.8, 4) is 0 Å². The van der Waals surface area contributed by atoms with Gasteiger partial charge in [-0.2, -0.15) is 0 Å². The minimum absolute atomic E-state index is 0.0227. The summed E-state index contributed by atoms with van der Waals surface area (Å²) in [5, 5.41) is 3.51. The van der Waals surface area contributed by atoms with Crippen molar-refractivity contribution < 1.29 is 4.74 Å². The molecule has 1 aliphatic heterocycles. The van der Waals surface area contributed by atoms with Gasteiger partial charge >= 0.3 is 0 Å². The van der Waals surface area contributed by atoms with Crippen molar-refractivity contribution in [1.29, 1.82) is 0 Å². The third-order valence-corrected chi connectivity index (χ3v) is 4.11. The fourth-order valence-corrected chi connectivity index (χ4v) is 3.64. The van der Waals surface area contributed by atoms with Crippen molar-refractivity contribution in [1.82, 2.24) is 5.32 Å². The molecule has 1 heterocycles. The van der Waals surface area contributed by atoms with Gasteiger partial charge in [0.2, 0.25) is 0 Å². The molecule has 1 rings (SSSR count). The molecule has 0 aliphatic carbocycles. The average Bonchev–Trinajstić information content (AvgIpc) is 2.34. The van der Waals surface area contributed by atoms with Crippen LogP contribution in [0.15, 0.2) is 0 Å². The fraction of sp³-hybridized carbons (Fsp3) is 1.00. The molecule has 2 heteroatoms. The lowest BCUT2D eigenvalue weighted by atomic mass is 9.76. The number of ether oxygens (including phenoxy) is 1. The van der Waals surface area contributed by atoms with Gasteiger partial charge in [0.15, 0.2) is 0 Å². The molecular formula is C15H31NO. The summed E-state index contributed by atoms with van der Waals surface area (Å²) < 4.78 is 6.19. The van der Waals surface area contributed by atoms with E-state index in [1.807, 2.05) is 0 Å². The second kappa shape index (κ2) is 5.27. The van der Waals surface area contributed by atoms with E-state index in [0.29, 0.717) is 17.9 Å². The van der Waals surface area contributed by atoms with Crippen LogP contribution >= 0.6 is 0 Å². The molecule has 0 aromatic heterocycles. The zero-order valence-corrected chi connectivity index (χ0v) is 12.8. The Kier molecular flexibility index (Phi) is 4.65. The molecular weight excluding hydrogens is 210 g/mol. The molecule has 0 bridgehead atoms. The maximum atomic E-state index is 6.19. The summed E-state index contributed by atoms with van der Waals surface area (Å²) in [7, 11) is 0. The molecule has 0 radical (unpaired) electrons. The van der Waals surface area contributed by atoms with Crippen LogP contribution in [0.2, 0.25) is 0 Å². The van der Waals surface area contributed by atoms with Gasteiger partial charge in [-0.15, -0.1) is 0 Å². The van der Waals surface area contributed by atoms with Crippen LogP contribution in [0.5, 0.6) is 0 Å². The lowest BCUT2D eigenvalue weighted by molar-refractivity contribution is -0.0797. The van der Waals surface area contributed by atoms with E-state index in [1.54, 1.807) is 0 Å². The molecule has 0 aromatic rings. The second-order valence-electron chi connectivity index (χ2n) is 6.95. The maximum Gasteiger partial charge on any atom is 0.0665 e. The van der Waals surface area contributed by atoms with Crippen LogP contribution in [0.1, 0.15) is 61.3 Å². The molecule has 1 aliphatic rings. The third kappa shape index (κ3) is 3.96. The Morgan fingerprint density at radius 1 is 1.24 bits per heavy atom. The lowest BCUT2D eigenvalue weighted by Crippen LogP contribution is -2.36. The Hall–Kier alpha value is -0.0800. The molecule has 0 amide bonds. The summed E-state index contributed by atoms with van der Waals surface area (Å²) in [6.45, 7) is 16.8. The van der Waals surface area contributed by atoms with E-state index in [1.165, 1.54) is 12.8 Å². The molecule has 102 valence electrons. The number of hydrogen-bond acceptors (Lipinski definition) is 2. The highest BCUT2D eigenvalue weighted by Gasteiger charge is 2.47. The van der Waals surface area contributed by atoms with Gasteiger partial charge in [-0.3, -0.25) is 0 Å². The van der Waals surface area contributed by atoms with Gasteiger partial charge in [0.05, 0.1) is 11.2 Å². The normalized spacial score (nSPS) is 30.2. The van der Waals surface area contributed by atoms with Crippen molar-refractivity contribution >= 4 is 0 Å². The van der Waals surface area contributed by atoms with Crippen molar-refractivity contribution in [2.75, 3.05) is 6.54 Å². The largest absolute Gasteiger partial charge is 0.369 e. The lowest BCUT2D eigenvalue weighted by Gasteiger charge is -2.32. The quantitative estimate of drug-likeness (QED) is 0.794. The van der Waals surface area contributed by atoms with Gasteiger partial charge in [0.25, 0.3) is 0 Å². The van der Waals surface area contributed by atoms with Gasteiger partial charge in [0, 0.05) is 6.04 Å². The molecule has 17 heavy (non-hydrogen) atoms. The Morgan fingerprint density at radius 3 is 2.24 bits per heavy atom. The van der Waals surface area contributed by atoms with Crippen LogP contribution in [0.25, 0.3) is 0 Å². The smallest absolute Gasteiger partial charge is 0.0665 e. The van der Waals surface area contributed by atoms with E-state index < -0.39 is 0 Å². The fourth-order valence-electron chi connectivity index (χ4n) is 3.64. The van der Waals surface area contributed by atoms with Crippen LogP contribution < -0.4 is 5.32 Å². The SMILES string of the molecule is CCNC(C)CC(C)C1CC(C)(C)OC1(C)C. The molecule has 3 atom stereocenters. The highest BCUT2D eigenvalue weighted by molar-refractivity contribution is 4.96. The van der Waals surface area contributed by atoms with Gasteiger partial charge in [-0.25, -0.2) is 0 Å². The summed E-state index contributed by atoms with van der Waals surface area (Å²) in [5.74, 6) is 1.37. The third-order valence-electron chi connectivity index (χ3n) is 4.11. The first-order chi connectivity index (χ1) is 7.68. The highest BCUT2D eigenvalue weighted by atomic mass is 16.5. The van der Waals surface area contributed by atoms with Crippen LogP contribution in [-0.4, -0.2) is 23.8 Å². The van der Waals surface area contributed by atoms with Crippen molar-refractivity contribution in [2.24, 2.45) is 11.8 Å². The van der Waals surface area contributed by atoms with E-state index in [-0.39, 0.29) is 11.2 Å². The Morgan fingerprint density at radius 2 is 1.82 bits per heavy atom. The first kappa shape index (κ1) is 15.0. The summed E-state index contributed by atoms with van der Waals surface area (Å²) in [5.41, 5.74) is 0.0682. The molecule has 0 spiro atoms. The zero-order chi connectivity index (χ0) is 13.3. The second-order valence-corrected chi connectivity index (χ2v) is 6.95. The van der Waals surface area contributed by atoms with Crippen LogP contribution in [0.4, 0.5) is 0 Å². The topological polar surface area (TPSA) is 21.3 Å². The van der Waals surface area contributed by atoms with E-state index in [0.717, 1.165) is 6.54 Å². The molecule has 0 saturated carbocycles. The monoisotopic (exact) mass is 241 g/mol. The Bertz CT molecular complexity index is 247. The summed E-state index contributed by atoms with van der Waals surface area (Å²) in [6.07, 6.45) is 2.42. The van der Waals surface area contributed by atoms with Crippen molar-refractivity contribution in [3.63, 3.8) is 0 Å². The molecule has 1 saturated heterocycles. The molecule has 0 aromatic carbocycles. The van der Waals surface area contributed by atoms with Crippen molar-refractivity contribution in [2.45, 2.75) is 78.6 Å². The zero-order valence-electron chi connectivity index (χ0n) is 12.8. The van der Waals surface area contributed by atoms with Gasteiger partial charge in [-0.1, -0.05) is 13.8 Å². The van der Waals surface area contributed by atoms with Gasteiger partial charge < -0.3 is 10.1 Å². The summed E-state index contributed by atoms with van der Waals surface area (Å²) in [6, 6.07) is 0.606. The summed E-state index contributed by atoms with van der Waals surface area (Å²) in [4.78, 5) is 0. The predicted molar refractivity (Wildman–Crippen MR) is 74.3 cm³/mol. The Labute approximate surface area is 108 Å². The van der Waals surface area contributed by atoms with E-state index in [2.05, 4.69) is 53.8 Å². The highest BCUT2D eigenvalue weighted by Crippen LogP contribution is 2.46. The Balaban J connectivity index is 2.60. The number of nitrogens with one attached hydrogen (secondary N) is 1. The van der Waals surface area contributed by atoms with E-state index in [9.17, 15) is 0 Å². The van der Waals surface area contributed by atoms with E-state index >= 15 is 0 Å². The molecule has 1 N–H and O–H groups in total. The average molecular weight is 241 g/mol. The standard InChI is InChI=1S/C15H31NO/c1-8-16-12(3)9-11(2)13-10-14(4,5)17-15(13,6)7/h11-13,16H,8-10H2,1-7H3. The first-order valence-electron chi connectivity index (χ1n) is 7.11. The molecule has 1 fully saturated rings. The van der Waals surface area contributed by atoms with Gasteiger partial charge in [-0.05, 0) is 65.8 Å². The molecule has 3 unspecified atom stereocenters. The van der Waals surface area contributed by atoms with Crippen molar-refractivity contribution in [3.05, 3.63) is 0 Å².